The molecule has 0 aliphatic carbocycles. The van der Waals surface area contributed by atoms with Gasteiger partial charge in [0.2, 0.25) is 10.0 Å². The van der Waals surface area contributed by atoms with Crippen LogP contribution in [-0.2, 0) is 19.9 Å². The highest BCUT2D eigenvalue weighted by atomic mass is 32.2. The molecule has 0 heterocycles. The molecular formula is C11H23NO4S2. The summed E-state index contributed by atoms with van der Waals surface area (Å²) >= 11 is 0. The fourth-order valence-electron chi connectivity index (χ4n) is 1.37. The number of primary sulfonamides is 1. The summed E-state index contributed by atoms with van der Waals surface area (Å²) in [5, 5.41) is 4.28. The van der Waals surface area contributed by atoms with Gasteiger partial charge in [-0.05, 0) is 40.0 Å². The third-order valence-electron chi connectivity index (χ3n) is 2.80. The topological polar surface area (TPSA) is 94.3 Å². The van der Waals surface area contributed by atoms with Crippen molar-refractivity contribution in [3.05, 3.63) is 12.7 Å². The fourth-order valence-corrected chi connectivity index (χ4v) is 3.64. The molecule has 0 spiro atoms. The van der Waals surface area contributed by atoms with Crippen LogP contribution in [0.5, 0.6) is 0 Å². The Balaban J connectivity index is 4.79. The van der Waals surface area contributed by atoms with E-state index in [0.29, 0.717) is 12.8 Å². The molecule has 18 heavy (non-hydrogen) atoms. The lowest BCUT2D eigenvalue weighted by Gasteiger charge is -2.21. The van der Waals surface area contributed by atoms with E-state index in [0.717, 1.165) is 0 Å². The molecule has 0 aliphatic rings. The van der Waals surface area contributed by atoms with Crippen molar-refractivity contribution in [2.45, 2.75) is 50.0 Å². The number of nitrogens with two attached hydrogens (primary N) is 1. The van der Waals surface area contributed by atoms with Crippen molar-refractivity contribution in [2.75, 3.05) is 5.75 Å². The highest BCUT2D eigenvalue weighted by Gasteiger charge is 2.31. The summed E-state index contributed by atoms with van der Waals surface area (Å²) < 4.78 is 45.6. The summed E-state index contributed by atoms with van der Waals surface area (Å²) in [5.74, 6) is -0.172. The third kappa shape index (κ3) is 5.49. The Labute approximate surface area is 110 Å². The van der Waals surface area contributed by atoms with E-state index in [4.69, 9.17) is 5.14 Å². The minimum atomic E-state index is -3.72. The van der Waals surface area contributed by atoms with Gasteiger partial charge in [-0.1, -0.05) is 6.08 Å². The lowest BCUT2D eigenvalue weighted by atomic mass is 10.2. The molecule has 0 bridgehead atoms. The Hall–Kier alpha value is -0.400. The second-order valence-electron chi connectivity index (χ2n) is 5.30. The van der Waals surface area contributed by atoms with E-state index in [1.54, 1.807) is 26.8 Å². The molecule has 0 amide bonds. The number of sulfone groups is 1. The van der Waals surface area contributed by atoms with Crippen LogP contribution in [0.2, 0.25) is 0 Å². The van der Waals surface area contributed by atoms with Crippen molar-refractivity contribution in [3.63, 3.8) is 0 Å². The fraction of sp³-hybridized carbons (Fsp3) is 0.818. The molecule has 0 aromatic heterocycles. The van der Waals surface area contributed by atoms with Crippen molar-refractivity contribution in [1.82, 2.24) is 0 Å². The van der Waals surface area contributed by atoms with Gasteiger partial charge in [-0.25, -0.2) is 22.0 Å². The second-order valence-corrected chi connectivity index (χ2v) is 10.0. The van der Waals surface area contributed by atoms with E-state index in [1.807, 2.05) is 0 Å². The molecule has 2 N–H and O–H groups in total. The quantitative estimate of drug-likeness (QED) is 0.715. The molecule has 1 unspecified atom stereocenters. The van der Waals surface area contributed by atoms with Crippen LogP contribution in [0.15, 0.2) is 12.7 Å². The van der Waals surface area contributed by atoms with E-state index >= 15 is 0 Å². The van der Waals surface area contributed by atoms with Gasteiger partial charge >= 0.3 is 0 Å². The molecule has 108 valence electrons. The Morgan fingerprint density at radius 3 is 2.00 bits per heavy atom. The van der Waals surface area contributed by atoms with E-state index in [9.17, 15) is 16.8 Å². The molecule has 5 nitrogen and oxygen atoms in total. The van der Waals surface area contributed by atoms with Gasteiger partial charge in [-0.2, -0.15) is 0 Å². The SMILES string of the molecule is C=CCCC(CCS(=O)(=O)C(C)(C)C)S(N)(=O)=O. The maximum atomic E-state index is 11.9. The lowest BCUT2D eigenvalue weighted by Crippen LogP contribution is -2.35. The molecule has 0 aromatic rings. The standard InChI is InChI=1S/C11H23NO4S2/c1-5-6-7-10(18(12,15)16)8-9-17(13,14)11(2,3)4/h5,10H,1,6-9H2,2-4H3,(H2,12,15,16). The second kappa shape index (κ2) is 6.16. The summed E-state index contributed by atoms with van der Waals surface area (Å²) in [5.41, 5.74) is 0. The maximum absolute atomic E-state index is 11.9. The van der Waals surface area contributed by atoms with Crippen molar-refractivity contribution in [1.29, 1.82) is 0 Å². The van der Waals surface area contributed by atoms with Gasteiger partial charge in [0.1, 0.15) is 0 Å². The zero-order chi connectivity index (χ0) is 14.6. The van der Waals surface area contributed by atoms with Gasteiger partial charge in [-0.15, -0.1) is 6.58 Å². The van der Waals surface area contributed by atoms with Gasteiger partial charge in [-0.3, -0.25) is 0 Å². The first-order chi connectivity index (χ1) is 7.92. The number of sulfonamides is 1. The largest absolute Gasteiger partial charge is 0.228 e. The summed E-state index contributed by atoms with van der Waals surface area (Å²) in [4.78, 5) is 0. The highest BCUT2D eigenvalue weighted by molar-refractivity contribution is 7.93. The van der Waals surface area contributed by atoms with Crippen molar-refractivity contribution >= 4 is 19.9 Å². The lowest BCUT2D eigenvalue weighted by molar-refractivity contribution is 0.548. The molecule has 1 atom stereocenters. The number of rotatable bonds is 7. The van der Waals surface area contributed by atoms with E-state index in [2.05, 4.69) is 6.58 Å². The van der Waals surface area contributed by atoms with Crippen LogP contribution in [0, 0.1) is 0 Å². The first-order valence-electron chi connectivity index (χ1n) is 5.76. The molecule has 7 heteroatoms. The molecule has 0 saturated carbocycles. The Morgan fingerprint density at radius 2 is 1.67 bits per heavy atom. The highest BCUT2D eigenvalue weighted by Crippen LogP contribution is 2.20. The number of hydrogen-bond donors (Lipinski definition) is 1. The molecule has 0 aliphatic heterocycles. The van der Waals surface area contributed by atoms with Crippen LogP contribution in [0.3, 0.4) is 0 Å². The molecule has 0 radical (unpaired) electrons. The summed E-state index contributed by atoms with van der Waals surface area (Å²) in [6, 6.07) is 0. The van der Waals surface area contributed by atoms with Crippen LogP contribution >= 0.6 is 0 Å². The van der Waals surface area contributed by atoms with Crippen molar-refractivity contribution in [3.8, 4) is 0 Å². The van der Waals surface area contributed by atoms with Crippen LogP contribution in [0.4, 0.5) is 0 Å². The molecule has 0 aromatic carbocycles. The number of allylic oxidation sites excluding steroid dienone is 1. The summed E-state index contributed by atoms with van der Waals surface area (Å²) in [6.45, 7) is 8.29. The average Bonchev–Trinajstić information content (AvgIpc) is 2.13. The predicted molar refractivity (Wildman–Crippen MR) is 74.5 cm³/mol. The zero-order valence-corrected chi connectivity index (χ0v) is 12.9. The van der Waals surface area contributed by atoms with E-state index < -0.39 is 29.9 Å². The van der Waals surface area contributed by atoms with Gasteiger partial charge in [0.05, 0.1) is 15.7 Å². The monoisotopic (exact) mass is 297 g/mol. The molecule has 0 fully saturated rings. The first kappa shape index (κ1) is 17.6. The van der Waals surface area contributed by atoms with E-state index in [1.165, 1.54) is 0 Å². The Bertz CT molecular complexity index is 472. The normalized spacial score (nSPS) is 15.3. The van der Waals surface area contributed by atoms with Crippen molar-refractivity contribution < 1.29 is 16.8 Å². The predicted octanol–water partition coefficient (Wildman–Crippen LogP) is 1.21. The summed E-state index contributed by atoms with van der Waals surface area (Å²) in [6.07, 6.45) is 2.43. The minimum Gasteiger partial charge on any atom is -0.228 e. The molecular weight excluding hydrogens is 274 g/mol. The Kier molecular flexibility index (Phi) is 6.03. The van der Waals surface area contributed by atoms with Crippen LogP contribution in [-0.4, -0.2) is 32.6 Å². The van der Waals surface area contributed by atoms with Gasteiger partial charge in [0, 0.05) is 0 Å². The van der Waals surface area contributed by atoms with Gasteiger partial charge in [0.25, 0.3) is 0 Å². The smallest absolute Gasteiger partial charge is 0.212 e. The van der Waals surface area contributed by atoms with Gasteiger partial charge in [0.15, 0.2) is 9.84 Å². The average molecular weight is 297 g/mol. The van der Waals surface area contributed by atoms with Crippen LogP contribution < -0.4 is 5.14 Å². The van der Waals surface area contributed by atoms with E-state index in [-0.39, 0.29) is 12.2 Å². The van der Waals surface area contributed by atoms with Crippen molar-refractivity contribution in [2.24, 2.45) is 5.14 Å². The first-order valence-corrected chi connectivity index (χ1v) is 9.03. The number of hydrogen-bond acceptors (Lipinski definition) is 4. The Morgan fingerprint density at radius 1 is 1.17 bits per heavy atom. The van der Waals surface area contributed by atoms with Crippen LogP contribution in [0.1, 0.15) is 40.0 Å². The maximum Gasteiger partial charge on any atom is 0.212 e. The minimum absolute atomic E-state index is 0.0340. The molecule has 0 saturated heterocycles. The zero-order valence-electron chi connectivity index (χ0n) is 11.2. The third-order valence-corrected chi connectivity index (χ3v) is 6.84. The summed E-state index contributed by atoms with van der Waals surface area (Å²) in [7, 11) is -7.04. The van der Waals surface area contributed by atoms with Crippen LogP contribution in [0.25, 0.3) is 0 Å². The molecule has 0 rings (SSSR count). The van der Waals surface area contributed by atoms with Gasteiger partial charge < -0.3 is 0 Å².